The van der Waals surface area contributed by atoms with Crippen LogP contribution in [0.2, 0.25) is 0 Å². The normalized spacial score (nSPS) is 18.4. The number of Topliss-reactive ketones (excluding diaryl/α,β-unsaturated/α-hetero) is 1. The van der Waals surface area contributed by atoms with Gasteiger partial charge in [0.05, 0.1) is 11.6 Å². The maximum atomic E-state index is 13.9. The molecule has 0 bridgehead atoms. The number of aromatic nitrogens is 1. The van der Waals surface area contributed by atoms with Crippen molar-refractivity contribution in [2.75, 3.05) is 4.90 Å². The zero-order chi connectivity index (χ0) is 20.7. The molecule has 0 saturated carbocycles. The van der Waals surface area contributed by atoms with E-state index < -0.39 is 35.1 Å². The number of halogens is 2. The second-order valence-electron chi connectivity index (χ2n) is 6.53. The summed E-state index contributed by atoms with van der Waals surface area (Å²) in [4.78, 5) is 26.6. The molecule has 1 atom stereocenters. The van der Waals surface area contributed by atoms with Gasteiger partial charge < -0.3 is 9.63 Å². The van der Waals surface area contributed by atoms with E-state index in [4.69, 9.17) is 4.52 Å². The molecule has 2 heterocycles. The molecule has 3 aromatic rings. The third kappa shape index (κ3) is 3.18. The van der Waals surface area contributed by atoms with Crippen LogP contribution in [-0.2, 0) is 9.59 Å². The van der Waals surface area contributed by atoms with Crippen LogP contribution in [0.4, 0.5) is 14.6 Å². The molecule has 1 aliphatic rings. The summed E-state index contributed by atoms with van der Waals surface area (Å²) in [7, 11) is 0. The van der Waals surface area contributed by atoms with Crippen molar-refractivity contribution in [1.29, 1.82) is 0 Å². The lowest BCUT2D eigenvalue weighted by Gasteiger charge is -2.22. The van der Waals surface area contributed by atoms with Gasteiger partial charge in [-0.1, -0.05) is 17.3 Å². The van der Waals surface area contributed by atoms with Crippen LogP contribution < -0.4 is 4.90 Å². The van der Waals surface area contributed by atoms with Crippen LogP contribution >= 0.6 is 0 Å². The predicted octanol–water partition coefficient (Wildman–Crippen LogP) is 3.89. The van der Waals surface area contributed by atoms with Crippen molar-refractivity contribution in [3.05, 3.63) is 88.7 Å². The summed E-state index contributed by atoms with van der Waals surface area (Å²) in [5, 5.41) is 14.6. The molecular weight excluding hydrogens is 382 g/mol. The van der Waals surface area contributed by atoms with Gasteiger partial charge in [0.25, 0.3) is 5.78 Å². The average molecular weight is 396 g/mol. The third-order valence-electron chi connectivity index (χ3n) is 4.59. The van der Waals surface area contributed by atoms with Crippen molar-refractivity contribution in [1.82, 2.24) is 5.16 Å². The molecule has 1 aromatic heterocycles. The fraction of sp³-hybridized carbons (Fsp3) is 0.0952. The Bertz CT molecular complexity index is 1150. The van der Waals surface area contributed by atoms with Gasteiger partial charge in [0.2, 0.25) is 0 Å². The average Bonchev–Trinajstić information content (AvgIpc) is 3.23. The summed E-state index contributed by atoms with van der Waals surface area (Å²) in [5.74, 6) is -3.07. The molecule has 2 aromatic carbocycles. The molecule has 1 amide bonds. The van der Waals surface area contributed by atoms with Crippen molar-refractivity contribution in [2.24, 2.45) is 0 Å². The van der Waals surface area contributed by atoms with Crippen LogP contribution in [0.15, 0.2) is 64.7 Å². The maximum absolute atomic E-state index is 13.9. The lowest BCUT2D eigenvalue weighted by atomic mass is 9.95. The number of benzene rings is 2. The van der Waals surface area contributed by atoms with Crippen LogP contribution in [0.5, 0.6) is 0 Å². The van der Waals surface area contributed by atoms with Crippen LogP contribution in [0.1, 0.15) is 22.9 Å². The number of hydrogen-bond donors (Lipinski definition) is 1. The first-order valence-electron chi connectivity index (χ1n) is 8.62. The van der Waals surface area contributed by atoms with Gasteiger partial charge in [-0.25, -0.2) is 8.78 Å². The van der Waals surface area contributed by atoms with Gasteiger partial charge in [0.15, 0.2) is 5.82 Å². The number of carbonyl (C=O) groups excluding carboxylic acids is 2. The zero-order valence-electron chi connectivity index (χ0n) is 15.1. The number of anilines is 1. The van der Waals surface area contributed by atoms with Gasteiger partial charge in [-0.05, 0) is 48.9 Å². The highest BCUT2D eigenvalue weighted by Crippen LogP contribution is 2.41. The number of nitrogens with zero attached hydrogens (tertiary/aromatic N) is 2. The van der Waals surface area contributed by atoms with E-state index in [9.17, 15) is 23.5 Å². The summed E-state index contributed by atoms with van der Waals surface area (Å²) in [6, 6.07) is 10.4. The van der Waals surface area contributed by atoms with E-state index in [-0.39, 0.29) is 22.5 Å². The van der Waals surface area contributed by atoms with Gasteiger partial charge in [0.1, 0.15) is 23.2 Å². The molecule has 1 fully saturated rings. The standard InChI is InChI=1S/C21H14F2N2O4/c1-11-9-16(24-29-11)25-18(13-3-2-4-15(23)10-13)17(20(27)21(25)28)19(26)12-5-7-14(22)8-6-12/h2-10,18,26H,1H3/b19-17-. The van der Waals surface area contributed by atoms with Gasteiger partial charge in [-0.3, -0.25) is 14.5 Å². The molecule has 1 N–H and O–H groups in total. The van der Waals surface area contributed by atoms with Crippen molar-refractivity contribution < 1.29 is 28.0 Å². The number of amides is 1. The largest absolute Gasteiger partial charge is 0.507 e. The third-order valence-corrected chi connectivity index (χ3v) is 4.59. The lowest BCUT2D eigenvalue weighted by Crippen LogP contribution is -2.29. The van der Waals surface area contributed by atoms with Crippen molar-refractivity contribution in [3.8, 4) is 0 Å². The van der Waals surface area contributed by atoms with Crippen molar-refractivity contribution in [3.63, 3.8) is 0 Å². The molecule has 1 unspecified atom stereocenters. The Labute approximate surface area is 163 Å². The minimum Gasteiger partial charge on any atom is -0.507 e. The van der Waals surface area contributed by atoms with E-state index in [0.717, 1.165) is 23.1 Å². The molecule has 1 saturated heterocycles. The molecule has 0 spiro atoms. The number of ketones is 1. The fourth-order valence-corrected chi connectivity index (χ4v) is 3.29. The Balaban J connectivity index is 1.95. The highest BCUT2D eigenvalue weighted by molar-refractivity contribution is 6.51. The number of aryl methyl sites for hydroxylation is 1. The topological polar surface area (TPSA) is 83.6 Å². The number of hydrogen-bond acceptors (Lipinski definition) is 5. The molecule has 0 aliphatic carbocycles. The Morgan fingerprint density at radius 3 is 2.41 bits per heavy atom. The number of rotatable bonds is 3. The molecule has 29 heavy (non-hydrogen) atoms. The van der Waals surface area contributed by atoms with Gasteiger partial charge in [0, 0.05) is 11.6 Å². The first-order valence-corrected chi connectivity index (χ1v) is 8.62. The molecule has 4 rings (SSSR count). The van der Waals surface area contributed by atoms with Crippen LogP contribution in [-0.4, -0.2) is 22.0 Å². The summed E-state index contributed by atoms with van der Waals surface area (Å²) in [5.41, 5.74) is 0.142. The zero-order valence-corrected chi connectivity index (χ0v) is 15.1. The van der Waals surface area contributed by atoms with E-state index in [1.807, 2.05) is 0 Å². The smallest absolute Gasteiger partial charge is 0.301 e. The molecule has 0 radical (unpaired) electrons. The first kappa shape index (κ1) is 18.5. The summed E-state index contributed by atoms with van der Waals surface area (Å²) in [6.07, 6.45) is 0. The summed E-state index contributed by atoms with van der Waals surface area (Å²) < 4.78 is 32.2. The van der Waals surface area contributed by atoms with Crippen LogP contribution in [0, 0.1) is 18.6 Å². The monoisotopic (exact) mass is 396 g/mol. The SMILES string of the molecule is Cc1cc(N2C(=O)C(=O)/C(=C(\O)c3ccc(F)cc3)C2c2cccc(F)c2)no1. The molecule has 8 heteroatoms. The van der Waals surface area contributed by atoms with E-state index in [2.05, 4.69) is 5.16 Å². The highest BCUT2D eigenvalue weighted by atomic mass is 19.1. The lowest BCUT2D eigenvalue weighted by molar-refractivity contribution is -0.132. The number of carbonyl (C=O) groups is 2. The van der Waals surface area contributed by atoms with Gasteiger partial charge in [-0.2, -0.15) is 0 Å². The quantitative estimate of drug-likeness (QED) is 0.413. The van der Waals surface area contributed by atoms with E-state index >= 15 is 0 Å². The minimum atomic E-state index is -1.14. The Morgan fingerprint density at radius 2 is 1.79 bits per heavy atom. The second-order valence-corrected chi connectivity index (χ2v) is 6.53. The minimum absolute atomic E-state index is 0.0528. The predicted molar refractivity (Wildman–Crippen MR) is 98.8 cm³/mol. The van der Waals surface area contributed by atoms with E-state index in [0.29, 0.717) is 5.76 Å². The van der Waals surface area contributed by atoms with Gasteiger partial charge in [-0.15, -0.1) is 0 Å². The van der Waals surface area contributed by atoms with Crippen LogP contribution in [0.3, 0.4) is 0 Å². The maximum Gasteiger partial charge on any atom is 0.301 e. The van der Waals surface area contributed by atoms with Crippen molar-refractivity contribution in [2.45, 2.75) is 13.0 Å². The summed E-state index contributed by atoms with van der Waals surface area (Å²) >= 11 is 0. The number of aliphatic hydroxyl groups is 1. The second kappa shape index (κ2) is 6.97. The Kier molecular flexibility index (Phi) is 4.46. The molecule has 1 aliphatic heterocycles. The molecule has 146 valence electrons. The Morgan fingerprint density at radius 1 is 1.07 bits per heavy atom. The summed E-state index contributed by atoms with van der Waals surface area (Å²) in [6.45, 7) is 1.61. The highest BCUT2D eigenvalue weighted by Gasteiger charge is 2.48. The Hall–Kier alpha value is -3.81. The van der Waals surface area contributed by atoms with Crippen molar-refractivity contribution >= 4 is 23.3 Å². The van der Waals surface area contributed by atoms with Crippen LogP contribution in [0.25, 0.3) is 5.76 Å². The van der Waals surface area contributed by atoms with Gasteiger partial charge >= 0.3 is 5.91 Å². The van der Waals surface area contributed by atoms with E-state index in [1.54, 1.807) is 6.92 Å². The van der Waals surface area contributed by atoms with E-state index in [1.165, 1.54) is 36.4 Å². The first-order chi connectivity index (χ1) is 13.9. The number of aliphatic hydroxyl groups excluding tert-OH is 1. The molecule has 6 nitrogen and oxygen atoms in total. The molecular formula is C21H14F2N2O4. The fourth-order valence-electron chi connectivity index (χ4n) is 3.29.